The fourth-order valence-corrected chi connectivity index (χ4v) is 9.80. The predicted octanol–water partition coefficient (Wildman–Crippen LogP) is 12.7. The van der Waals surface area contributed by atoms with Crippen molar-refractivity contribution in [1.29, 1.82) is 0 Å². The van der Waals surface area contributed by atoms with Crippen LogP contribution in [0.3, 0.4) is 0 Å². The van der Waals surface area contributed by atoms with E-state index in [9.17, 15) is 0 Å². The molecule has 0 spiro atoms. The molecule has 7 aromatic carbocycles. The Morgan fingerprint density at radius 1 is 0.390 bits per heavy atom. The van der Waals surface area contributed by atoms with E-state index >= 15 is 0 Å². The zero-order valence-electron chi connectivity index (χ0n) is 31.8. The van der Waals surface area contributed by atoms with Gasteiger partial charge in [0, 0.05) is 59.7 Å². The molecule has 0 radical (unpaired) electrons. The van der Waals surface area contributed by atoms with Crippen LogP contribution in [-0.2, 0) is 0 Å². The van der Waals surface area contributed by atoms with Crippen molar-refractivity contribution in [2.75, 3.05) is 0 Å². The molecule has 0 saturated carbocycles. The summed E-state index contributed by atoms with van der Waals surface area (Å²) in [5.74, 6) is 0.654. The zero-order chi connectivity index (χ0) is 38.6. The monoisotopic (exact) mass is 751 g/mol. The molecule has 1 aliphatic carbocycles. The second-order valence-electron chi connectivity index (χ2n) is 15.3. The van der Waals surface area contributed by atoms with Crippen LogP contribution in [0, 0.1) is 0 Å². The number of allylic oxidation sites excluding steroid dienone is 5. The SMILES string of the molecule is C1=C\C=c2/cccc(n3c4ccccc4c4ccc5c6c7c(ccc8c7c7ccccc7n8-c7nc(-c8ccccc8)c8ccccc8n7)ccc6n2c5c43)/C=C/C=C/1. The van der Waals surface area contributed by atoms with E-state index in [4.69, 9.17) is 9.97 Å². The maximum atomic E-state index is 5.39. The van der Waals surface area contributed by atoms with Gasteiger partial charge in [0.1, 0.15) is 0 Å². The lowest BCUT2D eigenvalue weighted by Crippen LogP contribution is -2.10. The first-order valence-corrected chi connectivity index (χ1v) is 20.1. The summed E-state index contributed by atoms with van der Waals surface area (Å²) in [5.41, 5.74) is 10.9. The normalized spacial score (nSPS) is 15.2. The van der Waals surface area contributed by atoms with Crippen molar-refractivity contribution >= 4 is 99.2 Å². The summed E-state index contributed by atoms with van der Waals surface area (Å²) < 4.78 is 7.21. The van der Waals surface area contributed by atoms with Crippen molar-refractivity contribution < 1.29 is 0 Å². The molecule has 5 heteroatoms. The van der Waals surface area contributed by atoms with Crippen LogP contribution in [0.4, 0.5) is 0 Å². The summed E-state index contributed by atoms with van der Waals surface area (Å²) in [6, 6.07) is 56.8. The molecule has 59 heavy (non-hydrogen) atoms. The van der Waals surface area contributed by atoms with Crippen molar-refractivity contribution in [3.8, 4) is 17.2 Å². The molecule has 13 rings (SSSR count). The summed E-state index contributed by atoms with van der Waals surface area (Å²) in [4.78, 5) is 10.7. The van der Waals surface area contributed by atoms with Crippen LogP contribution in [0.2, 0.25) is 0 Å². The molecule has 0 unspecified atom stereocenters. The first kappa shape index (κ1) is 32.1. The fourth-order valence-electron chi connectivity index (χ4n) is 9.80. The molecule has 2 bridgehead atoms. The number of rotatable bonds is 2. The molecule has 12 aromatic rings. The lowest BCUT2D eigenvalue weighted by molar-refractivity contribution is 1.01. The van der Waals surface area contributed by atoms with Gasteiger partial charge in [0.15, 0.2) is 0 Å². The van der Waals surface area contributed by atoms with Gasteiger partial charge < -0.3 is 8.80 Å². The van der Waals surface area contributed by atoms with Gasteiger partial charge in [-0.2, -0.15) is 0 Å². The second-order valence-corrected chi connectivity index (χ2v) is 15.3. The van der Waals surface area contributed by atoms with E-state index in [2.05, 4.69) is 208 Å². The van der Waals surface area contributed by atoms with Crippen molar-refractivity contribution in [3.05, 3.63) is 199 Å². The highest BCUT2D eigenvalue weighted by molar-refractivity contribution is 6.35. The Kier molecular flexibility index (Phi) is 6.66. The highest BCUT2D eigenvalue weighted by atomic mass is 15.2. The standard InChI is InChI=1S/C54H33N5/c1-2-7-18-36-20-15-21-37(19-8-3-1)58-46-32-28-34-29-33-47-49(48(34)50(46)42-31-30-39-38-22-10-13-26-44(38)57(36)52(39)53(42)58)41-24-11-14-27-45(41)59(47)54-55-43-25-12-9-23-40(43)51(56-54)35-16-5-4-6-17-35/h1-33H/b2-1+,3-1?,7-2?,8-3-,18-7+,19-8?,20-15?,21-15?,36-18?,36-20?,37-19+,37-21?. The van der Waals surface area contributed by atoms with Crippen molar-refractivity contribution in [2.45, 2.75) is 0 Å². The quantitative estimate of drug-likeness (QED) is 0.176. The largest absolute Gasteiger partial charge is 0.307 e. The Balaban J connectivity index is 1.25. The van der Waals surface area contributed by atoms with Gasteiger partial charge in [-0.3, -0.25) is 4.57 Å². The van der Waals surface area contributed by atoms with E-state index in [-0.39, 0.29) is 0 Å². The minimum absolute atomic E-state index is 0.654. The number of fused-ring (bicyclic) bond motifs is 19. The van der Waals surface area contributed by atoms with E-state index in [0.717, 1.165) is 49.8 Å². The molecule has 1 aliphatic rings. The average Bonchev–Trinajstić information content (AvgIpc) is 3.93. The number of aromatic nitrogens is 5. The van der Waals surface area contributed by atoms with Crippen LogP contribution in [0.25, 0.3) is 116 Å². The molecule has 0 atom stereocenters. The Bertz CT molecular complexity index is 3950. The summed E-state index contributed by atoms with van der Waals surface area (Å²) in [6.07, 6.45) is 15.0. The van der Waals surface area contributed by atoms with Crippen LogP contribution >= 0.6 is 0 Å². The third-order valence-electron chi connectivity index (χ3n) is 12.2. The minimum atomic E-state index is 0.654. The molecule has 0 fully saturated rings. The van der Waals surface area contributed by atoms with Gasteiger partial charge in [-0.25, -0.2) is 9.97 Å². The zero-order valence-corrected chi connectivity index (χ0v) is 31.8. The van der Waals surface area contributed by atoms with Crippen LogP contribution < -0.4 is 5.35 Å². The smallest absolute Gasteiger partial charge is 0.235 e. The van der Waals surface area contributed by atoms with Gasteiger partial charge >= 0.3 is 0 Å². The van der Waals surface area contributed by atoms with E-state index in [1.54, 1.807) is 0 Å². The number of hydrogen-bond donors (Lipinski definition) is 0. The topological polar surface area (TPSA) is 39.5 Å². The summed E-state index contributed by atoms with van der Waals surface area (Å²) in [6.45, 7) is 0. The second kappa shape index (κ2) is 12.2. The first-order chi connectivity index (χ1) is 29.3. The predicted molar refractivity (Wildman–Crippen MR) is 247 cm³/mol. The Labute approximate surface area is 337 Å². The average molecular weight is 752 g/mol. The molecule has 0 aliphatic heterocycles. The Morgan fingerprint density at radius 3 is 1.98 bits per heavy atom. The van der Waals surface area contributed by atoms with Crippen LogP contribution in [0.5, 0.6) is 0 Å². The number of para-hydroxylation sites is 3. The van der Waals surface area contributed by atoms with E-state index < -0.39 is 0 Å². The molecule has 5 nitrogen and oxygen atoms in total. The van der Waals surface area contributed by atoms with Crippen LogP contribution in [0.1, 0.15) is 5.69 Å². The molecular weight excluding hydrogens is 719 g/mol. The number of benzene rings is 7. The molecule has 274 valence electrons. The summed E-state index contributed by atoms with van der Waals surface area (Å²) in [7, 11) is 0. The maximum absolute atomic E-state index is 5.39. The van der Waals surface area contributed by atoms with Gasteiger partial charge in [-0.1, -0.05) is 146 Å². The van der Waals surface area contributed by atoms with Gasteiger partial charge in [-0.05, 0) is 60.0 Å². The number of hydrogen-bond acceptors (Lipinski definition) is 2. The fraction of sp³-hybridized carbons (Fsp3) is 0. The molecule has 0 amide bonds. The van der Waals surface area contributed by atoms with Crippen molar-refractivity contribution in [2.24, 2.45) is 0 Å². The van der Waals surface area contributed by atoms with E-state index in [1.165, 1.54) is 59.6 Å². The molecule has 0 saturated heterocycles. The van der Waals surface area contributed by atoms with Gasteiger partial charge in [0.25, 0.3) is 0 Å². The minimum Gasteiger partial charge on any atom is -0.307 e. The Hall–Kier alpha value is -8.02. The summed E-state index contributed by atoms with van der Waals surface area (Å²) in [5, 5.41) is 11.8. The van der Waals surface area contributed by atoms with Crippen molar-refractivity contribution in [1.82, 2.24) is 23.3 Å². The number of nitrogens with zero attached hydrogens (tertiary/aromatic N) is 5. The molecule has 5 heterocycles. The van der Waals surface area contributed by atoms with Crippen LogP contribution in [-0.4, -0.2) is 23.3 Å². The van der Waals surface area contributed by atoms with E-state index in [1.807, 2.05) is 6.07 Å². The Morgan fingerprint density at radius 2 is 1.08 bits per heavy atom. The van der Waals surface area contributed by atoms with Crippen LogP contribution in [0.15, 0.2) is 188 Å². The highest BCUT2D eigenvalue weighted by Gasteiger charge is 2.23. The van der Waals surface area contributed by atoms with Gasteiger partial charge in [0.2, 0.25) is 5.95 Å². The van der Waals surface area contributed by atoms with E-state index in [0.29, 0.717) is 5.95 Å². The highest BCUT2D eigenvalue weighted by Crippen LogP contribution is 2.45. The molecule has 0 N–H and O–H groups in total. The molecule has 5 aromatic heterocycles. The summed E-state index contributed by atoms with van der Waals surface area (Å²) >= 11 is 0. The lowest BCUT2D eigenvalue weighted by Gasteiger charge is -2.12. The van der Waals surface area contributed by atoms with Crippen molar-refractivity contribution in [3.63, 3.8) is 0 Å². The molecular formula is C54H33N5. The lowest BCUT2D eigenvalue weighted by atomic mass is 9.98. The first-order valence-electron chi connectivity index (χ1n) is 20.1. The third kappa shape index (κ3) is 4.50. The maximum Gasteiger partial charge on any atom is 0.235 e. The van der Waals surface area contributed by atoms with Gasteiger partial charge in [-0.15, -0.1) is 0 Å². The van der Waals surface area contributed by atoms with Gasteiger partial charge in [0.05, 0.1) is 44.3 Å². The third-order valence-corrected chi connectivity index (χ3v) is 12.2.